The van der Waals surface area contributed by atoms with Gasteiger partial charge in [-0.05, 0) is 43.9 Å². The molecule has 0 fully saturated rings. The van der Waals surface area contributed by atoms with Gasteiger partial charge in [-0.3, -0.25) is 0 Å². The molecule has 114 valence electrons. The quantitative estimate of drug-likeness (QED) is 0.833. The minimum atomic E-state index is -3.57. The number of nitrogens with two attached hydrogens (primary N) is 1. The second-order valence-corrected chi connectivity index (χ2v) is 7.63. The van der Waals surface area contributed by atoms with E-state index in [1.807, 2.05) is 26.8 Å². The molecule has 4 nitrogen and oxygen atoms in total. The van der Waals surface area contributed by atoms with Gasteiger partial charge in [-0.1, -0.05) is 31.5 Å². The molecule has 0 bridgehead atoms. The fourth-order valence-electron chi connectivity index (χ4n) is 2.60. The first-order valence-corrected chi connectivity index (χ1v) is 8.56. The van der Waals surface area contributed by atoms with Crippen LogP contribution in [0.25, 0.3) is 10.8 Å². The molecule has 0 saturated carbocycles. The predicted molar refractivity (Wildman–Crippen MR) is 87.7 cm³/mol. The second kappa shape index (κ2) is 5.66. The summed E-state index contributed by atoms with van der Waals surface area (Å²) in [5.41, 5.74) is 5.91. The molecule has 0 unspecified atom stereocenters. The molecule has 2 aromatic carbocycles. The molecule has 0 heterocycles. The van der Waals surface area contributed by atoms with Gasteiger partial charge in [-0.25, -0.2) is 13.1 Å². The number of benzene rings is 2. The van der Waals surface area contributed by atoms with Crippen LogP contribution < -0.4 is 10.5 Å². The third-order valence-electron chi connectivity index (χ3n) is 3.44. The minimum Gasteiger partial charge on any atom is -0.399 e. The lowest BCUT2D eigenvalue weighted by Crippen LogP contribution is -2.43. The van der Waals surface area contributed by atoms with Crippen molar-refractivity contribution in [3.8, 4) is 0 Å². The first kappa shape index (κ1) is 15.8. The van der Waals surface area contributed by atoms with E-state index >= 15 is 0 Å². The molecule has 21 heavy (non-hydrogen) atoms. The number of nitrogen functional groups attached to an aromatic ring is 1. The van der Waals surface area contributed by atoms with Crippen LogP contribution in [0.5, 0.6) is 0 Å². The Morgan fingerprint density at radius 3 is 2.57 bits per heavy atom. The third-order valence-corrected chi connectivity index (χ3v) is 5.20. The summed E-state index contributed by atoms with van der Waals surface area (Å²) in [6, 6.07) is 10.5. The fourth-order valence-corrected chi connectivity index (χ4v) is 4.27. The topological polar surface area (TPSA) is 72.2 Å². The zero-order valence-corrected chi connectivity index (χ0v) is 13.5. The van der Waals surface area contributed by atoms with Crippen molar-refractivity contribution in [1.82, 2.24) is 4.72 Å². The lowest BCUT2D eigenvalue weighted by atomic mass is 10.0. The van der Waals surface area contributed by atoms with Crippen LogP contribution in [0.3, 0.4) is 0 Å². The van der Waals surface area contributed by atoms with Gasteiger partial charge in [0.1, 0.15) is 0 Å². The Morgan fingerprint density at radius 2 is 1.90 bits per heavy atom. The van der Waals surface area contributed by atoms with Gasteiger partial charge in [0, 0.05) is 16.6 Å². The van der Waals surface area contributed by atoms with Gasteiger partial charge in [0.05, 0.1) is 4.90 Å². The standard InChI is InChI=1S/C16H22N2O2S/c1-4-10-16(2,3)18-21(19,20)15-7-5-6-12-11-13(17)8-9-14(12)15/h5-9,11,18H,4,10,17H2,1-3H3. The summed E-state index contributed by atoms with van der Waals surface area (Å²) in [5, 5.41) is 1.51. The Labute approximate surface area is 126 Å². The molecule has 5 heteroatoms. The Morgan fingerprint density at radius 1 is 1.19 bits per heavy atom. The predicted octanol–water partition coefficient (Wildman–Crippen LogP) is 3.28. The molecular formula is C16H22N2O2S. The van der Waals surface area contributed by atoms with E-state index in [1.54, 1.807) is 30.3 Å². The number of sulfonamides is 1. The number of nitrogens with one attached hydrogen (secondary N) is 1. The average molecular weight is 306 g/mol. The maximum atomic E-state index is 12.7. The Hall–Kier alpha value is -1.59. The zero-order valence-electron chi connectivity index (χ0n) is 12.7. The van der Waals surface area contributed by atoms with E-state index in [9.17, 15) is 8.42 Å². The average Bonchev–Trinajstić information content (AvgIpc) is 2.36. The van der Waals surface area contributed by atoms with Crippen LogP contribution in [0.15, 0.2) is 41.3 Å². The summed E-state index contributed by atoms with van der Waals surface area (Å²) in [7, 11) is -3.57. The number of anilines is 1. The molecule has 0 spiro atoms. The van der Waals surface area contributed by atoms with Crippen LogP contribution in [-0.4, -0.2) is 14.0 Å². The van der Waals surface area contributed by atoms with Gasteiger partial charge in [0.15, 0.2) is 0 Å². The smallest absolute Gasteiger partial charge is 0.241 e. The van der Waals surface area contributed by atoms with Crippen molar-refractivity contribution >= 4 is 26.5 Å². The van der Waals surface area contributed by atoms with Gasteiger partial charge in [0.25, 0.3) is 0 Å². The van der Waals surface area contributed by atoms with Crippen molar-refractivity contribution in [2.75, 3.05) is 5.73 Å². The fraction of sp³-hybridized carbons (Fsp3) is 0.375. The molecular weight excluding hydrogens is 284 g/mol. The van der Waals surface area contributed by atoms with E-state index in [1.165, 1.54) is 0 Å². The summed E-state index contributed by atoms with van der Waals surface area (Å²) < 4.78 is 28.2. The third kappa shape index (κ3) is 3.54. The van der Waals surface area contributed by atoms with E-state index in [0.717, 1.165) is 18.2 Å². The minimum absolute atomic E-state index is 0.296. The second-order valence-electron chi connectivity index (χ2n) is 5.98. The van der Waals surface area contributed by atoms with Crippen molar-refractivity contribution < 1.29 is 8.42 Å². The summed E-state index contributed by atoms with van der Waals surface area (Å²) >= 11 is 0. The lowest BCUT2D eigenvalue weighted by Gasteiger charge is -2.25. The summed E-state index contributed by atoms with van der Waals surface area (Å²) in [6.07, 6.45) is 1.70. The van der Waals surface area contributed by atoms with Crippen molar-refractivity contribution in [2.24, 2.45) is 0 Å². The molecule has 0 amide bonds. The Kier molecular flexibility index (Phi) is 4.25. The van der Waals surface area contributed by atoms with Gasteiger partial charge < -0.3 is 5.73 Å². The summed E-state index contributed by atoms with van der Waals surface area (Å²) in [6.45, 7) is 5.84. The van der Waals surface area contributed by atoms with Crippen LogP contribution in [-0.2, 0) is 10.0 Å². The molecule has 2 aromatic rings. The molecule has 0 aliphatic carbocycles. The first-order chi connectivity index (χ1) is 9.75. The highest BCUT2D eigenvalue weighted by Gasteiger charge is 2.26. The molecule has 0 atom stereocenters. The maximum absolute atomic E-state index is 12.7. The summed E-state index contributed by atoms with van der Waals surface area (Å²) in [4.78, 5) is 0.296. The van der Waals surface area contributed by atoms with Gasteiger partial charge in [-0.15, -0.1) is 0 Å². The highest BCUT2D eigenvalue weighted by Crippen LogP contribution is 2.26. The van der Waals surface area contributed by atoms with Crippen molar-refractivity contribution in [2.45, 2.75) is 44.0 Å². The van der Waals surface area contributed by atoms with Crippen LogP contribution in [0.2, 0.25) is 0 Å². The van der Waals surface area contributed by atoms with E-state index in [2.05, 4.69) is 4.72 Å². The molecule has 0 aliphatic rings. The Balaban J connectivity index is 2.50. The van der Waals surface area contributed by atoms with E-state index in [0.29, 0.717) is 16.0 Å². The van der Waals surface area contributed by atoms with Crippen LogP contribution in [0.1, 0.15) is 33.6 Å². The SMILES string of the molecule is CCCC(C)(C)NS(=O)(=O)c1cccc2cc(N)ccc12. The van der Waals surface area contributed by atoms with Crippen molar-refractivity contribution in [1.29, 1.82) is 0 Å². The molecule has 0 aliphatic heterocycles. The lowest BCUT2D eigenvalue weighted by molar-refractivity contribution is 0.418. The van der Waals surface area contributed by atoms with Gasteiger partial charge in [-0.2, -0.15) is 0 Å². The first-order valence-electron chi connectivity index (χ1n) is 7.07. The van der Waals surface area contributed by atoms with Crippen LogP contribution in [0, 0.1) is 0 Å². The van der Waals surface area contributed by atoms with Crippen molar-refractivity contribution in [3.05, 3.63) is 36.4 Å². The van der Waals surface area contributed by atoms with E-state index in [4.69, 9.17) is 5.73 Å². The monoisotopic (exact) mass is 306 g/mol. The number of fused-ring (bicyclic) bond motifs is 1. The molecule has 0 aromatic heterocycles. The van der Waals surface area contributed by atoms with E-state index < -0.39 is 15.6 Å². The largest absolute Gasteiger partial charge is 0.399 e. The Bertz CT molecular complexity index is 752. The maximum Gasteiger partial charge on any atom is 0.241 e. The molecule has 0 radical (unpaired) electrons. The number of rotatable bonds is 5. The number of hydrogen-bond acceptors (Lipinski definition) is 3. The molecule has 3 N–H and O–H groups in total. The van der Waals surface area contributed by atoms with Crippen LogP contribution in [0.4, 0.5) is 5.69 Å². The van der Waals surface area contributed by atoms with Crippen LogP contribution >= 0.6 is 0 Å². The van der Waals surface area contributed by atoms with E-state index in [-0.39, 0.29) is 0 Å². The zero-order chi connectivity index (χ0) is 15.7. The van der Waals surface area contributed by atoms with Gasteiger partial charge in [0.2, 0.25) is 10.0 Å². The number of hydrogen-bond donors (Lipinski definition) is 2. The highest BCUT2D eigenvalue weighted by atomic mass is 32.2. The van der Waals surface area contributed by atoms with Crippen molar-refractivity contribution in [3.63, 3.8) is 0 Å². The molecule has 2 rings (SSSR count). The molecule has 0 saturated heterocycles. The summed E-state index contributed by atoms with van der Waals surface area (Å²) in [5.74, 6) is 0. The van der Waals surface area contributed by atoms with Gasteiger partial charge >= 0.3 is 0 Å². The highest BCUT2D eigenvalue weighted by molar-refractivity contribution is 7.89. The normalized spacial score (nSPS) is 12.7.